The lowest BCUT2D eigenvalue weighted by Gasteiger charge is -2.12. The molecule has 0 aliphatic carbocycles. The molecule has 23 heavy (non-hydrogen) atoms. The maximum atomic E-state index is 13.5. The Bertz CT molecular complexity index is 676. The first-order valence-corrected chi connectivity index (χ1v) is 8.09. The highest BCUT2D eigenvalue weighted by Gasteiger charge is 2.15. The van der Waals surface area contributed by atoms with Crippen molar-refractivity contribution in [1.29, 1.82) is 0 Å². The van der Waals surface area contributed by atoms with Gasteiger partial charge in [0.1, 0.15) is 5.82 Å². The summed E-state index contributed by atoms with van der Waals surface area (Å²) in [6, 6.07) is 9.83. The highest BCUT2D eigenvalue weighted by Crippen LogP contribution is 2.21. The zero-order valence-electron chi connectivity index (χ0n) is 12.5. The molecule has 1 N–H and O–H groups in total. The van der Waals surface area contributed by atoms with Crippen molar-refractivity contribution in [3.8, 4) is 0 Å². The second-order valence-corrected chi connectivity index (χ2v) is 6.34. The van der Waals surface area contributed by atoms with Crippen LogP contribution in [0.15, 0.2) is 42.5 Å². The standard InChI is InChI=1S/C17H16F3NOS/c1-11(23-10-13-3-2-4-15(19)16(13)20)17(22)21-9-12-5-7-14(18)8-6-12/h2-8,11H,9-10H2,1H3,(H,21,22). The van der Waals surface area contributed by atoms with Gasteiger partial charge in [0.15, 0.2) is 11.6 Å². The Hall–Kier alpha value is -1.95. The Kier molecular flexibility index (Phi) is 6.10. The van der Waals surface area contributed by atoms with E-state index in [0.29, 0.717) is 6.54 Å². The van der Waals surface area contributed by atoms with E-state index >= 15 is 0 Å². The second-order valence-electron chi connectivity index (χ2n) is 5.01. The quantitative estimate of drug-likeness (QED) is 0.860. The van der Waals surface area contributed by atoms with Gasteiger partial charge in [0.25, 0.3) is 0 Å². The monoisotopic (exact) mass is 339 g/mol. The fourth-order valence-electron chi connectivity index (χ4n) is 1.89. The Morgan fingerprint density at radius 3 is 2.52 bits per heavy atom. The molecule has 2 rings (SSSR count). The van der Waals surface area contributed by atoms with Crippen LogP contribution >= 0.6 is 11.8 Å². The molecule has 6 heteroatoms. The third-order valence-electron chi connectivity index (χ3n) is 3.27. The smallest absolute Gasteiger partial charge is 0.233 e. The van der Waals surface area contributed by atoms with E-state index in [2.05, 4.69) is 5.32 Å². The minimum atomic E-state index is -0.892. The highest BCUT2D eigenvalue weighted by atomic mass is 32.2. The van der Waals surface area contributed by atoms with E-state index in [1.165, 1.54) is 36.0 Å². The molecule has 0 bridgehead atoms. The number of halogens is 3. The molecular formula is C17H16F3NOS. The Labute approximate surface area is 137 Å². The van der Waals surface area contributed by atoms with Crippen LogP contribution in [0.25, 0.3) is 0 Å². The summed E-state index contributed by atoms with van der Waals surface area (Å²) in [5.41, 5.74) is 1.02. The molecule has 1 atom stereocenters. The summed E-state index contributed by atoms with van der Waals surface area (Å²) in [7, 11) is 0. The van der Waals surface area contributed by atoms with Crippen LogP contribution in [0.2, 0.25) is 0 Å². The van der Waals surface area contributed by atoms with Gasteiger partial charge in [0.05, 0.1) is 5.25 Å². The molecule has 0 aromatic heterocycles. The molecule has 0 spiro atoms. The van der Waals surface area contributed by atoms with Crippen molar-refractivity contribution in [2.24, 2.45) is 0 Å². The lowest BCUT2D eigenvalue weighted by atomic mass is 10.2. The molecule has 2 nitrogen and oxygen atoms in total. The van der Waals surface area contributed by atoms with Crippen LogP contribution in [0.5, 0.6) is 0 Å². The highest BCUT2D eigenvalue weighted by molar-refractivity contribution is 7.99. The number of rotatable bonds is 6. The lowest BCUT2D eigenvalue weighted by Crippen LogP contribution is -2.30. The van der Waals surface area contributed by atoms with Crippen LogP contribution in [-0.2, 0) is 17.1 Å². The molecule has 0 aliphatic heterocycles. The molecule has 0 saturated carbocycles. The summed E-state index contributed by atoms with van der Waals surface area (Å²) >= 11 is 1.22. The third-order valence-corrected chi connectivity index (χ3v) is 4.46. The van der Waals surface area contributed by atoms with Gasteiger partial charge in [0, 0.05) is 17.9 Å². The van der Waals surface area contributed by atoms with Crippen LogP contribution in [0.4, 0.5) is 13.2 Å². The van der Waals surface area contributed by atoms with Gasteiger partial charge in [-0.2, -0.15) is 0 Å². The van der Waals surface area contributed by atoms with Crippen LogP contribution in [0.3, 0.4) is 0 Å². The molecule has 122 valence electrons. The first-order valence-electron chi connectivity index (χ1n) is 7.04. The van der Waals surface area contributed by atoms with E-state index in [1.807, 2.05) is 0 Å². The molecular weight excluding hydrogens is 323 g/mol. The zero-order valence-corrected chi connectivity index (χ0v) is 13.3. The van der Waals surface area contributed by atoms with E-state index in [4.69, 9.17) is 0 Å². The average Bonchev–Trinajstić information content (AvgIpc) is 2.55. The van der Waals surface area contributed by atoms with Gasteiger partial charge in [-0.05, 0) is 30.7 Å². The number of hydrogen-bond acceptors (Lipinski definition) is 2. The van der Waals surface area contributed by atoms with Crippen molar-refractivity contribution in [3.05, 3.63) is 71.0 Å². The molecule has 1 amide bonds. The van der Waals surface area contributed by atoms with Crippen molar-refractivity contribution < 1.29 is 18.0 Å². The number of hydrogen-bond donors (Lipinski definition) is 1. The number of thioether (sulfide) groups is 1. The third kappa shape index (κ3) is 5.03. The van der Waals surface area contributed by atoms with E-state index < -0.39 is 16.9 Å². The van der Waals surface area contributed by atoms with Crippen molar-refractivity contribution in [1.82, 2.24) is 5.32 Å². The number of amides is 1. The van der Waals surface area contributed by atoms with Crippen molar-refractivity contribution in [2.45, 2.75) is 24.5 Å². The van der Waals surface area contributed by atoms with Gasteiger partial charge in [0.2, 0.25) is 5.91 Å². The molecule has 0 aliphatic rings. The average molecular weight is 339 g/mol. The number of carbonyl (C=O) groups is 1. The zero-order chi connectivity index (χ0) is 16.8. The topological polar surface area (TPSA) is 29.1 Å². The van der Waals surface area contributed by atoms with Crippen LogP contribution in [-0.4, -0.2) is 11.2 Å². The number of nitrogens with one attached hydrogen (secondary N) is 1. The van der Waals surface area contributed by atoms with E-state index in [9.17, 15) is 18.0 Å². The maximum Gasteiger partial charge on any atom is 0.233 e. The molecule has 2 aromatic carbocycles. The fourth-order valence-corrected chi connectivity index (χ4v) is 2.77. The lowest BCUT2D eigenvalue weighted by molar-refractivity contribution is -0.120. The van der Waals surface area contributed by atoms with Gasteiger partial charge < -0.3 is 5.32 Å². The molecule has 0 heterocycles. The van der Waals surface area contributed by atoms with Crippen molar-refractivity contribution in [3.63, 3.8) is 0 Å². The van der Waals surface area contributed by atoms with Gasteiger partial charge in [-0.25, -0.2) is 13.2 Å². The molecule has 0 saturated heterocycles. The van der Waals surface area contributed by atoms with Crippen LogP contribution in [0.1, 0.15) is 18.1 Å². The Morgan fingerprint density at radius 1 is 1.13 bits per heavy atom. The van der Waals surface area contributed by atoms with Crippen LogP contribution < -0.4 is 5.32 Å². The number of benzene rings is 2. The largest absolute Gasteiger partial charge is 0.351 e. The first-order chi connectivity index (χ1) is 11.0. The summed E-state index contributed by atoms with van der Waals surface area (Å²) in [4.78, 5) is 12.0. The van der Waals surface area contributed by atoms with E-state index in [0.717, 1.165) is 11.6 Å². The van der Waals surface area contributed by atoms with Crippen molar-refractivity contribution >= 4 is 17.7 Å². The summed E-state index contributed by atoms with van der Waals surface area (Å²) < 4.78 is 39.4. The Morgan fingerprint density at radius 2 is 1.83 bits per heavy atom. The van der Waals surface area contributed by atoms with Crippen molar-refractivity contribution in [2.75, 3.05) is 0 Å². The normalized spacial score (nSPS) is 12.0. The summed E-state index contributed by atoms with van der Waals surface area (Å²) in [5, 5.41) is 2.31. The van der Waals surface area contributed by atoms with Crippen LogP contribution in [0, 0.1) is 17.5 Å². The summed E-state index contributed by atoms with van der Waals surface area (Å²) in [6.07, 6.45) is 0. The predicted molar refractivity (Wildman–Crippen MR) is 85.4 cm³/mol. The van der Waals surface area contributed by atoms with Gasteiger partial charge in [-0.1, -0.05) is 24.3 Å². The summed E-state index contributed by atoms with van der Waals surface area (Å²) in [5.74, 6) is -2.11. The van der Waals surface area contributed by atoms with Gasteiger partial charge >= 0.3 is 0 Å². The Balaban J connectivity index is 1.83. The second kappa shape index (κ2) is 8.06. The van der Waals surface area contributed by atoms with E-state index in [-0.39, 0.29) is 23.0 Å². The molecule has 1 unspecified atom stereocenters. The first kappa shape index (κ1) is 17.4. The molecule has 0 fully saturated rings. The predicted octanol–water partition coefficient (Wildman–Crippen LogP) is 4.04. The van der Waals surface area contributed by atoms with Gasteiger partial charge in [-0.3, -0.25) is 4.79 Å². The number of carbonyl (C=O) groups excluding carboxylic acids is 1. The van der Waals surface area contributed by atoms with Gasteiger partial charge in [-0.15, -0.1) is 11.8 Å². The molecule has 2 aromatic rings. The minimum absolute atomic E-state index is 0.203. The molecule has 0 radical (unpaired) electrons. The summed E-state index contributed by atoms with van der Waals surface area (Å²) in [6.45, 7) is 1.99. The van der Waals surface area contributed by atoms with E-state index in [1.54, 1.807) is 19.1 Å². The minimum Gasteiger partial charge on any atom is -0.351 e. The SMILES string of the molecule is CC(SCc1cccc(F)c1F)C(=O)NCc1ccc(F)cc1. The fraction of sp³-hybridized carbons (Fsp3) is 0.235. The maximum absolute atomic E-state index is 13.5.